The van der Waals surface area contributed by atoms with Gasteiger partial charge in [-0.3, -0.25) is 9.59 Å². The van der Waals surface area contributed by atoms with Gasteiger partial charge in [-0.25, -0.2) is 0 Å². The van der Waals surface area contributed by atoms with Gasteiger partial charge in [0.05, 0.1) is 41.6 Å². The Bertz CT molecular complexity index is 955. The van der Waals surface area contributed by atoms with Crippen molar-refractivity contribution in [3.8, 4) is 0 Å². The van der Waals surface area contributed by atoms with Gasteiger partial charge in [0.1, 0.15) is 11.9 Å². The summed E-state index contributed by atoms with van der Waals surface area (Å²) >= 11 is 1.35. The maximum absolute atomic E-state index is 13.2. The van der Waals surface area contributed by atoms with E-state index in [1.165, 1.54) is 11.3 Å². The van der Waals surface area contributed by atoms with Crippen molar-refractivity contribution in [2.75, 3.05) is 0 Å². The van der Waals surface area contributed by atoms with Crippen LogP contribution in [0.25, 0.3) is 6.08 Å². The zero-order chi connectivity index (χ0) is 26.1. The average molecular weight is 510 g/mol. The Morgan fingerprint density at radius 2 is 1.91 bits per heavy atom. The first-order chi connectivity index (χ1) is 16.3. The average Bonchev–Trinajstić information content (AvgIpc) is 3.47. The molecule has 2 N–H and O–H groups in total. The van der Waals surface area contributed by atoms with Crippen LogP contribution < -0.4 is 4.73 Å². The van der Waals surface area contributed by atoms with Gasteiger partial charge >= 0.3 is 5.97 Å². The lowest BCUT2D eigenvalue weighted by Crippen LogP contribution is -2.45. The number of rotatable bonds is 2. The maximum atomic E-state index is 13.2. The van der Waals surface area contributed by atoms with E-state index < -0.39 is 35.6 Å². The van der Waals surface area contributed by atoms with Crippen molar-refractivity contribution >= 4 is 29.2 Å². The Kier molecular flexibility index (Phi) is 8.78. The number of epoxide rings is 1. The van der Waals surface area contributed by atoms with Crippen molar-refractivity contribution in [2.45, 2.75) is 104 Å². The highest BCUT2D eigenvalue weighted by Crippen LogP contribution is 2.36. The minimum atomic E-state index is -1.27. The van der Waals surface area contributed by atoms with E-state index in [2.05, 4.69) is 0 Å². The third-order valence-corrected chi connectivity index (χ3v) is 8.51. The Morgan fingerprint density at radius 1 is 1.23 bits per heavy atom. The number of aliphatic hydroxyl groups is 2. The second kappa shape index (κ2) is 11.1. The van der Waals surface area contributed by atoms with Crippen LogP contribution in [0.3, 0.4) is 0 Å². The molecule has 0 spiro atoms. The molecule has 2 saturated heterocycles. The first-order valence-electron chi connectivity index (χ1n) is 12.4. The minimum absolute atomic E-state index is 0.0534. The molecule has 2 fully saturated rings. The van der Waals surface area contributed by atoms with Crippen LogP contribution in [0.5, 0.6) is 0 Å². The molecule has 1 unspecified atom stereocenters. The van der Waals surface area contributed by atoms with Gasteiger partial charge in [0.25, 0.3) is 0 Å². The number of hydrogen-bond donors (Lipinski definition) is 2. The van der Waals surface area contributed by atoms with Gasteiger partial charge in [-0.2, -0.15) is 4.73 Å². The van der Waals surface area contributed by atoms with Gasteiger partial charge < -0.3 is 24.9 Å². The first kappa shape index (κ1) is 27.8. The molecule has 2 aliphatic rings. The highest BCUT2D eigenvalue weighted by molar-refractivity contribution is 7.09. The number of carbonyl (C=O) groups is 2. The quantitative estimate of drug-likeness (QED) is 0.271. The molecule has 8 nitrogen and oxygen atoms in total. The summed E-state index contributed by atoms with van der Waals surface area (Å²) in [4.78, 5) is 26.0. The number of Topliss-reactive ketones (excluding diaryl/α,β-unsaturated/α-hetero) is 1. The number of thiazole rings is 1. The van der Waals surface area contributed by atoms with Gasteiger partial charge in [0.2, 0.25) is 10.7 Å². The summed E-state index contributed by atoms with van der Waals surface area (Å²) in [6.45, 7) is 10.4. The number of aryl methyl sites for hydroxylation is 1. The van der Waals surface area contributed by atoms with Crippen LogP contribution in [0.15, 0.2) is 11.0 Å². The topological polar surface area (TPSA) is 123 Å². The molecule has 0 radical (unpaired) electrons. The minimum Gasteiger partial charge on any atom is -0.617 e. The van der Waals surface area contributed by atoms with Crippen LogP contribution in [0, 0.1) is 29.4 Å². The van der Waals surface area contributed by atoms with Gasteiger partial charge in [0.15, 0.2) is 0 Å². The number of ketones is 1. The predicted molar refractivity (Wildman–Crippen MR) is 132 cm³/mol. The molecule has 2 aliphatic heterocycles. The third kappa shape index (κ3) is 6.50. The second-order valence-corrected chi connectivity index (χ2v) is 11.8. The molecule has 0 bridgehead atoms. The number of nitrogens with zero attached hydrogens (tertiary/aromatic N) is 1. The summed E-state index contributed by atoms with van der Waals surface area (Å²) in [5, 5.41) is 36.2. The van der Waals surface area contributed by atoms with Crippen LogP contribution in [0.4, 0.5) is 0 Å². The lowest BCUT2D eigenvalue weighted by molar-refractivity contribution is -0.608. The Labute approximate surface area is 211 Å². The van der Waals surface area contributed by atoms with Gasteiger partial charge in [-0.1, -0.05) is 45.5 Å². The second-order valence-electron chi connectivity index (χ2n) is 10.8. The normalized spacial score (nSPS) is 35.3. The number of aliphatic hydroxyl groups excluding tert-OH is 2. The number of aromatic nitrogens is 1. The Hall–Kier alpha value is -1.81. The molecule has 0 aromatic carbocycles. The van der Waals surface area contributed by atoms with Crippen LogP contribution >= 0.6 is 11.3 Å². The van der Waals surface area contributed by atoms with Crippen LogP contribution in [-0.4, -0.2) is 52.5 Å². The summed E-state index contributed by atoms with van der Waals surface area (Å²) < 4.78 is 12.5. The molecule has 0 aliphatic carbocycles. The Balaban J connectivity index is 1.84. The molecule has 0 saturated carbocycles. The summed E-state index contributed by atoms with van der Waals surface area (Å²) in [7, 11) is 0. The number of hydrogen-bond acceptors (Lipinski definition) is 8. The predicted octanol–water partition coefficient (Wildman–Crippen LogP) is 3.33. The summed E-state index contributed by atoms with van der Waals surface area (Å²) in [6, 6.07) is 0. The summed E-state index contributed by atoms with van der Waals surface area (Å²) in [5.41, 5.74) is -0.0371. The molecule has 1 aromatic heterocycles. The fourth-order valence-electron chi connectivity index (χ4n) is 4.85. The number of fused-ring (bicyclic) bond motifs is 1. The molecule has 35 heavy (non-hydrogen) atoms. The zero-order valence-electron chi connectivity index (χ0n) is 21.5. The molecule has 3 heterocycles. The van der Waals surface area contributed by atoms with Crippen molar-refractivity contribution in [1.82, 2.24) is 0 Å². The van der Waals surface area contributed by atoms with E-state index in [9.17, 15) is 25.0 Å². The SMILES string of the molecule is C/C(=C\c1csc(C)[n+]1[O-])[C@@H]1C[C@@H]2O[C@@H]2CCC[C@H](C)C(O)[C@@H](C)C(=O)C(C)(C)[C@@H](O)CC(=O)O1. The van der Waals surface area contributed by atoms with Crippen molar-refractivity contribution in [2.24, 2.45) is 17.3 Å². The summed E-state index contributed by atoms with van der Waals surface area (Å²) in [6.07, 6.45) is 1.53. The van der Waals surface area contributed by atoms with E-state index in [0.717, 1.165) is 24.0 Å². The number of esters is 1. The molecule has 9 heteroatoms. The zero-order valence-corrected chi connectivity index (χ0v) is 22.3. The molecule has 7 atom stereocenters. The fourth-order valence-corrected chi connectivity index (χ4v) is 5.51. The molecule has 0 amide bonds. The fraction of sp³-hybridized carbons (Fsp3) is 0.731. The van der Waals surface area contributed by atoms with E-state index in [1.807, 2.05) is 13.8 Å². The van der Waals surface area contributed by atoms with E-state index >= 15 is 0 Å². The molecule has 196 valence electrons. The molecule has 1 aromatic rings. The number of carbonyl (C=O) groups excluding carboxylic acids is 2. The smallest absolute Gasteiger partial charge is 0.309 e. The number of ether oxygens (including phenoxy) is 2. The van der Waals surface area contributed by atoms with Gasteiger partial charge in [-0.15, -0.1) is 0 Å². The number of cyclic esters (lactones) is 1. The van der Waals surface area contributed by atoms with Crippen molar-refractivity contribution < 1.29 is 34.0 Å². The molecular formula is C26H39NO7S. The van der Waals surface area contributed by atoms with Crippen molar-refractivity contribution in [3.05, 3.63) is 26.9 Å². The van der Waals surface area contributed by atoms with Crippen LogP contribution in [0.1, 0.15) is 77.4 Å². The van der Waals surface area contributed by atoms with Crippen molar-refractivity contribution in [1.29, 1.82) is 0 Å². The lowest BCUT2D eigenvalue weighted by Gasteiger charge is -2.34. The van der Waals surface area contributed by atoms with E-state index in [4.69, 9.17) is 9.47 Å². The first-order valence-corrected chi connectivity index (χ1v) is 13.3. The molecule has 3 rings (SSSR count). The summed E-state index contributed by atoms with van der Waals surface area (Å²) in [5.74, 6) is -1.66. The highest BCUT2D eigenvalue weighted by atomic mass is 32.1. The highest BCUT2D eigenvalue weighted by Gasteiger charge is 2.44. The van der Waals surface area contributed by atoms with E-state index in [-0.39, 0.29) is 30.3 Å². The standard InChI is InChI=1S/C26H39NO7S/c1-14-8-7-9-19-21(33-19)11-20(15(2)10-18-13-35-17(4)27(18)32)34-23(29)12-22(28)26(5,6)25(31)16(3)24(14)30/h10,13-14,16,19-22,24,28,30H,7-9,11-12H2,1-6H3/b15-10+/t14-,16+,19+,20-,21-,22-,24?/m0/s1. The van der Waals surface area contributed by atoms with Crippen LogP contribution in [-0.2, 0) is 19.1 Å². The molecular weight excluding hydrogens is 470 g/mol. The van der Waals surface area contributed by atoms with Gasteiger partial charge in [-0.05, 0) is 31.3 Å². The Morgan fingerprint density at radius 3 is 2.54 bits per heavy atom. The monoisotopic (exact) mass is 509 g/mol. The largest absolute Gasteiger partial charge is 0.617 e. The van der Waals surface area contributed by atoms with Gasteiger partial charge in [0, 0.05) is 25.3 Å². The third-order valence-electron chi connectivity index (χ3n) is 7.65. The van der Waals surface area contributed by atoms with E-state index in [1.54, 1.807) is 39.2 Å². The lowest BCUT2D eigenvalue weighted by atomic mass is 9.73. The van der Waals surface area contributed by atoms with E-state index in [0.29, 0.717) is 22.7 Å². The maximum Gasteiger partial charge on any atom is 0.309 e. The van der Waals surface area contributed by atoms with Crippen LogP contribution in [0.2, 0.25) is 0 Å². The van der Waals surface area contributed by atoms with Crippen molar-refractivity contribution in [3.63, 3.8) is 0 Å².